The largest absolute Gasteiger partial charge is 1.00 e. The smallest absolute Gasteiger partial charge is 0.849 e. The molecule has 0 aromatic carbocycles. The van der Waals surface area contributed by atoms with Crippen molar-refractivity contribution in [3.8, 4) is 0 Å². The van der Waals surface area contributed by atoms with Gasteiger partial charge < -0.3 is 14.6 Å². The zero-order valence-corrected chi connectivity index (χ0v) is 8.90. The summed E-state index contributed by atoms with van der Waals surface area (Å²) in [6.07, 6.45) is -10.9. The molecular formula is C7H9F6LiO3. The Labute approximate surface area is 105 Å². The van der Waals surface area contributed by atoms with E-state index >= 15 is 0 Å². The quantitative estimate of drug-likeness (QED) is 0.406. The van der Waals surface area contributed by atoms with Crippen LogP contribution in [0.4, 0.5) is 26.3 Å². The molecule has 0 amide bonds. The second-order valence-corrected chi connectivity index (χ2v) is 2.88. The van der Waals surface area contributed by atoms with E-state index in [1.165, 1.54) is 0 Å². The summed E-state index contributed by atoms with van der Waals surface area (Å²) in [5, 5.41) is 10.7. The maximum Gasteiger partial charge on any atom is 1.00 e. The van der Waals surface area contributed by atoms with E-state index < -0.39 is 44.9 Å². The van der Waals surface area contributed by atoms with Crippen LogP contribution in [0.25, 0.3) is 0 Å². The van der Waals surface area contributed by atoms with Crippen molar-refractivity contribution in [3.63, 3.8) is 0 Å². The molecule has 0 saturated carbocycles. The maximum absolute atomic E-state index is 11.5. The molecule has 0 unspecified atom stereocenters. The van der Waals surface area contributed by atoms with Crippen molar-refractivity contribution >= 4 is 0 Å². The van der Waals surface area contributed by atoms with E-state index in [0.717, 1.165) is 0 Å². The van der Waals surface area contributed by atoms with Crippen molar-refractivity contribution in [1.82, 2.24) is 0 Å². The standard InChI is InChI=1S/C7H9F6O3.Li/c8-6(9,10)3-15-1-5(14)2-16-4-7(11,12)13;/h5H,1-4H2;/q-1;+1. The molecule has 0 fully saturated rings. The van der Waals surface area contributed by atoms with Crippen LogP contribution in [0.1, 0.15) is 0 Å². The first-order valence-corrected chi connectivity index (χ1v) is 4.05. The first-order valence-electron chi connectivity index (χ1n) is 4.05. The Bertz CT molecular complexity index is 175. The Kier molecular flexibility index (Phi) is 9.37. The van der Waals surface area contributed by atoms with Gasteiger partial charge in [-0.15, -0.1) is 0 Å². The Morgan fingerprint density at radius 2 is 1.12 bits per heavy atom. The summed E-state index contributed by atoms with van der Waals surface area (Å²) in [5.74, 6) is 0. The van der Waals surface area contributed by atoms with Gasteiger partial charge in [-0.2, -0.15) is 26.3 Å². The Morgan fingerprint density at radius 3 is 1.35 bits per heavy atom. The molecule has 0 bridgehead atoms. The van der Waals surface area contributed by atoms with Gasteiger partial charge in [0.2, 0.25) is 0 Å². The summed E-state index contributed by atoms with van der Waals surface area (Å²) in [7, 11) is 0. The van der Waals surface area contributed by atoms with Crippen molar-refractivity contribution in [2.24, 2.45) is 0 Å². The number of hydrogen-bond acceptors (Lipinski definition) is 3. The van der Waals surface area contributed by atoms with E-state index in [1.54, 1.807) is 0 Å². The fraction of sp³-hybridized carbons (Fsp3) is 1.00. The van der Waals surface area contributed by atoms with Crippen molar-refractivity contribution in [3.05, 3.63) is 0 Å². The third-order valence-corrected chi connectivity index (χ3v) is 1.14. The number of ether oxygens (including phenoxy) is 2. The predicted octanol–water partition coefficient (Wildman–Crippen LogP) is -2.12. The van der Waals surface area contributed by atoms with Crippen molar-refractivity contribution in [1.29, 1.82) is 0 Å². The van der Waals surface area contributed by atoms with Crippen molar-refractivity contribution in [2.75, 3.05) is 26.4 Å². The van der Waals surface area contributed by atoms with Crippen LogP contribution >= 0.6 is 0 Å². The minimum atomic E-state index is -4.56. The maximum atomic E-state index is 11.5. The predicted molar refractivity (Wildman–Crippen MR) is 37.5 cm³/mol. The first kappa shape index (κ1) is 19.4. The SMILES string of the molecule is [Li+].[O-]C(COCC(F)(F)F)COCC(F)(F)F. The van der Waals surface area contributed by atoms with E-state index in [0.29, 0.717) is 0 Å². The van der Waals surface area contributed by atoms with Crippen LogP contribution in [0.3, 0.4) is 0 Å². The van der Waals surface area contributed by atoms with E-state index in [9.17, 15) is 31.4 Å². The molecular weight excluding hydrogens is 253 g/mol. The molecule has 0 N–H and O–H groups in total. The van der Waals surface area contributed by atoms with E-state index in [-0.39, 0.29) is 18.9 Å². The topological polar surface area (TPSA) is 41.5 Å². The van der Waals surface area contributed by atoms with Gasteiger partial charge in [0.15, 0.2) is 0 Å². The number of hydrogen-bond donors (Lipinski definition) is 0. The van der Waals surface area contributed by atoms with Crippen LogP contribution in [0.2, 0.25) is 0 Å². The number of rotatable bonds is 6. The minimum Gasteiger partial charge on any atom is -0.849 e. The molecule has 17 heavy (non-hydrogen) atoms. The fourth-order valence-electron chi connectivity index (χ4n) is 0.660. The van der Waals surface area contributed by atoms with Crippen molar-refractivity contribution in [2.45, 2.75) is 18.5 Å². The van der Waals surface area contributed by atoms with E-state index in [2.05, 4.69) is 9.47 Å². The summed E-state index contributed by atoms with van der Waals surface area (Å²) in [5.41, 5.74) is 0. The second-order valence-electron chi connectivity index (χ2n) is 2.88. The van der Waals surface area contributed by atoms with Gasteiger partial charge in [-0.1, -0.05) is 6.10 Å². The molecule has 0 aromatic rings. The molecule has 98 valence electrons. The van der Waals surface area contributed by atoms with Crippen LogP contribution in [-0.2, 0) is 9.47 Å². The number of halogens is 6. The van der Waals surface area contributed by atoms with E-state index in [4.69, 9.17) is 0 Å². The molecule has 3 nitrogen and oxygen atoms in total. The van der Waals surface area contributed by atoms with Gasteiger partial charge in [0.1, 0.15) is 13.2 Å². The summed E-state index contributed by atoms with van der Waals surface area (Å²) in [4.78, 5) is 0. The van der Waals surface area contributed by atoms with Gasteiger partial charge in [0.05, 0.1) is 0 Å². The fourth-order valence-corrected chi connectivity index (χ4v) is 0.660. The Morgan fingerprint density at radius 1 is 0.824 bits per heavy atom. The molecule has 0 radical (unpaired) electrons. The van der Waals surface area contributed by atoms with Crippen LogP contribution in [-0.4, -0.2) is 44.9 Å². The molecule has 0 aliphatic rings. The Hall–Kier alpha value is 0.0574. The number of alkyl halides is 6. The molecule has 0 heterocycles. The van der Waals surface area contributed by atoms with E-state index in [1.807, 2.05) is 0 Å². The average molecular weight is 262 g/mol. The third kappa shape index (κ3) is 16.1. The van der Waals surface area contributed by atoms with Gasteiger partial charge in [0.25, 0.3) is 0 Å². The molecule has 0 aliphatic carbocycles. The first-order chi connectivity index (χ1) is 7.10. The van der Waals surface area contributed by atoms with Gasteiger partial charge in [-0.05, 0) is 0 Å². The molecule has 0 rings (SSSR count). The zero-order valence-electron chi connectivity index (χ0n) is 8.90. The zero-order chi connectivity index (χ0) is 12.8. The molecule has 0 aromatic heterocycles. The average Bonchev–Trinajstić information content (AvgIpc) is 1.98. The van der Waals surface area contributed by atoms with Gasteiger partial charge in [-0.25, -0.2) is 0 Å². The third-order valence-electron chi connectivity index (χ3n) is 1.14. The van der Waals surface area contributed by atoms with Gasteiger partial charge in [-0.3, -0.25) is 0 Å². The molecule has 0 spiro atoms. The summed E-state index contributed by atoms with van der Waals surface area (Å²) < 4.78 is 76.9. The molecule has 0 atom stereocenters. The van der Waals surface area contributed by atoms with Crippen molar-refractivity contribution < 1.29 is 59.8 Å². The van der Waals surface area contributed by atoms with Crippen LogP contribution in [0.15, 0.2) is 0 Å². The minimum absolute atomic E-state index is 0. The summed E-state index contributed by atoms with van der Waals surface area (Å²) in [6, 6.07) is 0. The van der Waals surface area contributed by atoms with Crippen LogP contribution < -0.4 is 24.0 Å². The van der Waals surface area contributed by atoms with Gasteiger partial charge in [0, 0.05) is 13.2 Å². The second kappa shape index (κ2) is 8.21. The van der Waals surface area contributed by atoms with Crippen LogP contribution in [0.5, 0.6) is 0 Å². The summed E-state index contributed by atoms with van der Waals surface area (Å²) >= 11 is 0. The monoisotopic (exact) mass is 262 g/mol. The molecule has 0 saturated heterocycles. The Balaban J connectivity index is 0. The molecule has 10 heteroatoms. The molecule has 0 aliphatic heterocycles. The normalized spacial score (nSPS) is 12.7. The van der Waals surface area contributed by atoms with Gasteiger partial charge >= 0.3 is 31.2 Å². The van der Waals surface area contributed by atoms with Crippen LogP contribution in [0, 0.1) is 0 Å². The summed E-state index contributed by atoms with van der Waals surface area (Å²) in [6.45, 7) is -4.91.